The molecule has 2 aromatic heterocycles. The number of thiazole rings is 2. The van der Waals surface area contributed by atoms with Crippen LogP contribution in [0, 0.1) is 18.3 Å². The molecule has 1 N–H and O–H groups in total. The molecule has 0 unspecified atom stereocenters. The number of aromatic nitrogens is 2. The van der Waals surface area contributed by atoms with Crippen molar-refractivity contribution < 1.29 is 4.79 Å². The van der Waals surface area contributed by atoms with Crippen LogP contribution in [0.2, 0.25) is 0 Å². The van der Waals surface area contributed by atoms with Crippen LogP contribution in [0.1, 0.15) is 30.7 Å². The van der Waals surface area contributed by atoms with Gasteiger partial charge < -0.3 is 0 Å². The van der Waals surface area contributed by atoms with E-state index in [2.05, 4.69) is 21.4 Å². The summed E-state index contributed by atoms with van der Waals surface area (Å²) < 4.78 is 0. The summed E-state index contributed by atoms with van der Waals surface area (Å²) in [5.41, 5.74) is 1.74. The van der Waals surface area contributed by atoms with Crippen LogP contribution in [0.15, 0.2) is 36.7 Å². The maximum atomic E-state index is 12.1. The highest BCUT2D eigenvalue weighted by Crippen LogP contribution is 2.22. The molecule has 0 aliphatic carbocycles. The molecule has 0 atom stereocenters. The Morgan fingerprint density at radius 1 is 1.22 bits per heavy atom. The van der Waals surface area contributed by atoms with Crippen LogP contribution in [0.5, 0.6) is 0 Å². The summed E-state index contributed by atoms with van der Waals surface area (Å²) >= 11 is 2.80. The number of rotatable bonds is 4. The average molecular weight is 340 g/mol. The number of amides is 1. The standard InChI is InChI=1S/C16H12N4OS2/c1-10-18-9-14(22-10)15(21)20-16-19-8-13(23-16)6-11-2-4-12(7-17)5-3-11/h2-5,8-9H,6H2,1H3,(H,19,20,21). The highest BCUT2D eigenvalue weighted by atomic mass is 32.1. The van der Waals surface area contributed by atoms with E-state index in [1.54, 1.807) is 24.5 Å². The van der Waals surface area contributed by atoms with Gasteiger partial charge in [-0.15, -0.1) is 22.7 Å². The van der Waals surface area contributed by atoms with E-state index in [-0.39, 0.29) is 5.91 Å². The Morgan fingerprint density at radius 3 is 2.65 bits per heavy atom. The maximum absolute atomic E-state index is 12.1. The molecule has 1 amide bonds. The third-order valence-electron chi connectivity index (χ3n) is 3.08. The third kappa shape index (κ3) is 3.80. The minimum Gasteiger partial charge on any atom is -0.297 e. The van der Waals surface area contributed by atoms with Crippen molar-refractivity contribution in [2.24, 2.45) is 0 Å². The van der Waals surface area contributed by atoms with Crippen molar-refractivity contribution in [2.45, 2.75) is 13.3 Å². The lowest BCUT2D eigenvalue weighted by Crippen LogP contribution is -2.09. The summed E-state index contributed by atoms with van der Waals surface area (Å²) in [5, 5.41) is 13.0. The van der Waals surface area contributed by atoms with Gasteiger partial charge in [0.1, 0.15) is 4.88 Å². The van der Waals surface area contributed by atoms with Crippen molar-refractivity contribution in [3.05, 3.63) is 62.5 Å². The van der Waals surface area contributed by atoms with Crippen molar-refractivity contribution in [3.8, 4) is 6.07 Å². The Labute approximate surface area is 141 Å². The number of carbonyl (C=O) groups is 1. The second-order valence-electron chi connectivity index (χ2n) is 4.81. The minimum atomic E-state index is -0.185. The number of benzene rings is 1. The van der Waals surface area contributed by atoms with Crippen LogP contribution < -0.4 is 5.32 Å². The van der Waals surface area contributed by atoms with Crippen molar-refractivity contribution in [1.29, 1.82) is 5.26 Å². The predicted octanol–water partition coefficient (Wildman–Crippen LogP) is 3.62. The number of nitrogens with one attached hydrogen (secondary N) is 1. The van der Waals surface area contributed by atoms with Crippen molar-refractivity contribution in [2.75, 3.05) is 5.32 Å². The Kier molecular flexibility index (Phi) is 4.46. The number of nitrogens with zero attached hydrogens (tertiary/aromatic N) is 3. The third-order valence-corrected chi connectivity index (χ3v) is 4.90. The van der Waals surface area contributed by atoms with Gasteiger partial charge in [-0.2, -0.15) is 5.26 Å². The fraction of sp³-hybridized carbons (Fsp3) is 0.125. The Bertz CT molecular complexity index is 874. The van der Waals surface area contributed by atoms with Gasteiger partial charge in [-0.25, -0.2) is 9.97 Å². The topological polar surface area (TPSA) is 78.7 Å². The number of anilines is 1. The molecule has 23 heavy (non-hydrogen) atoms. The summed E-state index contributed by atoms with van der Waals surface area (Å²) in [6, 6.07) is 9.55. The molecule has 0 bridgehead atoms. The number of hydrogen-bond acceptors (Lipinski definition) is 6. The SMILES string of the molecule is Cc1ncc(C(=O)Nc2ncc(Cc3ccc(C#N)cc3)s2)s1. The highest BCUT2D eigenvalue weighted by molar-refractivity contribution is 7.16. The molecule has 3 aromatic rings. The van der Waals surface area contributed by atoms with Crippen LogP contribution in [0.3, 0.4) is 0 Å². The number of aryl methyl sites for hydroxylation is 1. The van der Waals surface area contributed by atoms with Crippen molar-refractivity contribution in [1.82, 2.24) is 9.97 Å². The van der Waals surface area contributed by atoms with Gasteiger partial charge in [-0.05, 0) is 24.6 Å². The van der Waals surface area contributed by atoms with Gasteiger partial charge in [0.15, 0.2) is 5.13 Å². The highest BCUT2D eigenvalue weighted by Gasteiger charge is 2.12. The second-order valence-corrected chi connectivity index (χ2v) is 7.16. The van der Waals surface area contributed by atoms with E-state index in [0.29, 0.717) is 15.6 Å². The maximum Gasteiger partial charge on any atom is 0.269 e. The first kappa shape index (κ1) is 15.3. The molecule has 0 fully saturated rings. The molecule has 5 nitrogen and oxygen atoms in total. The summed E-state index contributed by atoms with van der Waals surface area (Å²) in [7, 11) is 0. The zero-order valence-corrected chi connectivity index (χ0v) is 13.9. The van der Waals surface area contributed by atoms with Crippen LogP contribution in [-0.4, -0.2) is 15.9 Å². The first-order valence-corrected chi connectivity index (χ1v) is 8.45. The molecule has 2 heterocycles. The molecular weight excluding hydrogens is 328 g/mol. The van der Waals surface area contributed by atoms with E-state index in [1.165, 1.54) is 22.7 Å². The van der Waals surface area contributed by atoms with E-state index in [0.717, 1.165) is 21.9 Å². The lowest BCUT2D eigenvalue weighted by Gasteiger charge is -1.98. The normalized spacial score (nSPS) is 10.3. The summed E-state index contributed by atoms with van der Waals surface area (Å²) in [4.78, 5) is 22.0. The summed E-state index contributed by atoms with van der Waals surface area (Å²) in [6.07, 6.45) is 4.05. The predicted molar refractivity (Wildman–Crippen MR) is 90.9 cm³/mol. The van der Waals surface area contributed by atoms with Crippen LogP contribution in [0.25, 0.3) is 0 Å². The molecule has 3 rings (SSSR count). The van der Waals surface area contributed by atoms with E-state index in [9.17, 15) is 4.79 Å². The fourth-order valence-corrected chi connectivity index (χ4v) is 3.48. The quantitative estimate of drug-likeness (QED) is 0.787. The second kappa shape index (κ2) is 6.69. The van der Waals surface area contributed by atoms with Gasteiger partial charge in [0.05, 0.1) is 22.8 Å². The van der Waals surface area contributed by atoms with E-state index < -0.39 is 0 Å². The Morgan fingerprint density at radius 2 is 2.00 bits per heavy atom. The zero-order valence-electron chi connectivity index (χ0n) is 12.2. The molecule has 0 spiro atoms. The first-order valence-electron chi connectivity index (χ1n) is 6.81. The van der Waals surface area contributed by atoms with Crippen LogP contribution in [-0.2, 0) is 6.42 Å². The van der Waals surface area contributed by atoms with Crippen molar-refractivity contribution in [3.63, 3.8) is 0 Å². The number of hydrogen-bond donors (Lipinski definition) is 1. The van der Waals surface area contributed by atoms with Gasteiger partial charge in [0.25, 0.3) is 5.91 Å². The van der Waals surface area contributed by atoms with Crippen molar-refractivity contribution >= 4 is 33.7 Å². The average Bonchev–Trinajstić information content (AvgIpc) is 3.17. The largest absolute Gasteiger partial charge is 0.297 e. The minimum absolute atomic E-state index is 0.185. The molecule has 7 heteroatoms. The molecule has 1 aromatic carbocycles. The van der Waals surface area contributed by atoms with Gasteiger partial charge >= 0.3 is 0 Å². The molecule has 0 radical (unpaired) electrons. The van der Waals surface area contributed by atoms with Gasteiger partial charge in [-0.3, -0.25) is 10.1 Å². The monoisotopic (exact) mass is 340 g/mol. The van der Waals surface area contributed by atoms with Crippen LogP contribution in [0.4, 0.5) is 5.13 Å². The summed E-state index contributed by atoms with van der Waals surface area (Å²) in [5.74, 6) is -0.185. The molecule has 114 valence electrons. The number of nitriles is 1. The Balaban J connectivity index is 1.65. The summed E-state index contributed by atoms with van der Waals surface area (Å²) in [6.45, 7) is 1.86. The zero-order chi connectivity index (χ0) is 16.2. The first-order chi connectivity index (χ1) is 11.1. The molecule has 0 saturated heterocycles. The van der Waals surface area contributed by atoms with E-state index >= 15 is 0 Å². The number of carbonyl (C=O) groups excluding carboxylic acids is 1. The van der Waals surface area contributed by atoms with Crippen LogP contribution >= 0.6 is 22.7 Å². The smallest absolute Gasteiger partial charge is 0.269 e. The molecule has 0 saturated carbocycles. The Hall–Kier alpha value is -2.56. The van der Waals surface area contributed by atoms with E-state index in [4.69, 9.17) is 5.26 Å². The lowest BCUT2D eigenvalue weighted by atomic mass is 10.1. The van der Waals surface area contributed by atoms with Gasteiger partial charge in [0, 0.05) is 17.5 Å². The molecule has 0 aliphatic rings. The molecule has 0 aliphatic heterocycles. The lowest BCUT2D eigenvalue weighted by molar-refractivity contribution is 0.103. The van der Waals surface area contributed by atoms with Gasteiger partial charge in [-0.1, -0.05) is 12.1 Å². The molecular formula is C16H12N4OS2. The fourth-order valence-electron chi connectivity index (χ4n) is 1.97. The van der Waals surface area contributed by atoms with Gasteiger partial charge in [0.2, 0.25) is 0 Å². The van der Waals surface area contributed by atoms with E-state index in [1.807, 2.05) is 19.1 Å².